The van der Waals surface area contributed by atoms with E-state index in [1.165, 1.54) is 16.2 Å². The number of carbonyl (C=O) groups excluding carboxylic acids is 2. The molecule has 1 fully saturated rings. The highest BCUT2D eigenvalue weighted by molar-refractivity contribution is 7.12. The molecule has 0 aromatic carbocycles. The van der Waals surface area contributed by atoms with Crippen LogP contribution in [0.3, 0.4) is 0 Å². The van der Waals surface area contributed by atoms with Crippen molar-refractivity contribution in [1.82, 2.24) is 15.1 Å². The van der Waals surface area contributed by atoms with E-state index in [9.17, 15) is 22.8 Å². The number of halogens is 3. The average Bonchev–Trinajstić information content (AvgIpc) is 2.97. The summed E-state index contributed by atoms with van der Waals surface area (Å²) >= 11 is 1.33. The van der Waals surface area contributed by atoms with E-state index in [1.54, 1.807) is 29.3 Å². The highest BCUT2D eigenvalue weighted by Crippen LogP contribution is 2.17. The lowest BCUT2D eigenvalue weighted by Gasteiger charge is -2.39. The van der Waals surface area contributed by atoms with Crippen molar-refractivity contribution >= 4 is 23.3 Å². The van der Waals surface area contributed by atoms with Crippen LogP contribution in [-0.4, -0.2) is 60.1 Å². The van der Waals surface area contributed by atoms with Gasteiger partial charge in [-0.05, 0) is 18.4 Å². The lowest BCUT2D eigenvalue weighted by atomic mass is 10.2. The Morgan fingerprint density at radius 1 is 1.41 bits per heavy atom. The van der Waals surface area contributed by atoms with Crippen LogP contribution in [0.15, 0.2) is 17.5 Å². The molecule has 1 aliphatic rings. The maximum atomic E-state index is 12.2. The van der Waals surface area contributed by atoms with Gasteiger partial charge in [0.15, 0.2) is 0 Å². The zero-order valence-electron chi connectivity index (χ0n) is 11.9. The number of urea groups is 1. The predicted octanol–water partition coefficient (Wildman–Crippen LogP) is 2.17. The number of nitrogens with one attached hydrogen (secondary N) is 1. The monoisotopic (exact) mass is 335 g/mol. The summed E-state index contributed by atoms with van der Waals surface area (Å²) in [7, 11) is 0. The number of alkyl halides is 3. The Balaban J connectivity index is 1.90. The van der Waals surface area contributed by atoms with Crippen LogP contribution in [0.5, 0.6) is 0 Å². The molecule has 0 saturated carbocycles. The van der Waals surface area contributed by atoms with E-state index in [4.69, 9.17) is 0 Å². The van der Waals surface area contributed by atoms with E-state index < -0.39 is 18.8 Å². The van der Waals surface area contributed by atoms with Crippen molar-refractivity contribution in [2.24, 2.45) is 0 Å². The van der Waals surface area contributed by atoms with Gasteiger partial charge in [-0.15, -0.1) is 11.3 Å². The van der Waals surface area contributed by atoms with Gasteiger partial charge < -0.3 is 15.1 Å². The van der Waals surface area contributed by atoms with Gasteiger partial charge >= 0.3 is 12.2 Å². The van der Waals surface area contributed by atoms with Crippen molar-refractivity contribution in [3.63, 3.8) is 0 Å². The third kappa shape index (κ3) is 4.12. The van der Waals surface area contributed by atoms with Crippen molar-refractivity contribution in [3.05, 3.63) is 22.4 Å². The van der Waals surface area contributed by atoms with Crippen molar-refractivity contribution in [3.8, 4) is 0 Å². The third-order valence-electron chi connectivity index (χ3n) is 3.35. The van der Waals surface area contributed by atoms with Gasteiger partial charge in [-0.1, -0.05) is 6.07 Å². The fraction of sp³-hybridized carbons (Fsp3) is 0.538. The molecule has 0 radical (unpaired) electrons. The molecule has 3 amide bonds. The Morgan fingerprint density at radius 2 is 2.14 bits per heavy atom. The molecule has 1 N–H and O–H groups in total. The number of carbonyl (C=O) groups is 2. The van der Waals surface area contributed by atoms with Gasteiger partial charge in [0, 0.05) is 25.7 Å². The second-order valence-corrected chi connectivity index (χ2v) is 5.99. The first-order valence-corrected chi connectivity index (χ1v) is 7.60. The summed E-state index contributed by atoms with van der Waals surface area (Å²) in [5.41, 5.74) is 0. The van der Waals surface area contributed by atoms with Gasteiger partial charge in [-0.2, -0.15) is 13.2 Å². The van der Waals surface area contributed by atoms with E-state index >= 15 is 0 Å². The molecule has 1 atom stereocenters. The molecule has 1 unspecified atom stereocenters. The summed E-state index contributed by atoms with van der Waals surface area (Å²) in [4.78, 5) is 27.5. The van der Waals surface area contributed by atoms with E-state index in [0.29, 0.717) is 18.0 Å². The zero-order valence-corrected chi connectivity index (χ0v) is 12.7. The summed E-state index contributed by atoms with van der Waals surface area (Å²) in [6.45, 7) is 1.17. The Bertz CT molecular complexity index is 533. The quantitative estimate of drug-likeness (QED) is 0.900. The van der Waals surface area contributed by atoms with E-state index in [-0.39, 0.29) is 18.5 Å². The van der Waals surface area contributed by atoms with E-state index in [1.807, 2.05) is 5.32 Å². The standard InChI is InChI=1S/C13H16F3N3O2S/c1-9-7-18(11(20)10-3-2-6-22-10)4-5-19(9)12(21)17-8-13(14,15)16/h2-3,6,9H,4-5,7-8H2,1H3,(H,17,21). The molecule has 2 heterocycles. The van der Waals surface area contributed by atoms with Crippen LogP contribution in [0, 0.1) is 0 Å². The third-order valence-corrected chi connectivity index (χ3v) is 4.21. The van der Waals surface area contributed by atoms with Crippen LogP contribution in [0.4, 0.5) is 18.0 Å². The molecule has 1 aromatic heterocycles. The minimum atomic E-state index is -4.43. The molecule has 1 aromatic rings. The summed E-state index contributed by atoms with van der Waals surface area (Å²) < 4.78 is 36.4. The molecular weight excluding hydrogens is 319 g/mol. The first-order chi connectivity index (χ1) is 10.3. The summed E-state index contributed by atoms with van der Waals surface area (Å²) in [5.74, 6) is -0.114. The number of amides is 3. The maximum Gasteiger partial charge on any atom is 0.405 e. The second-order valence-electron chi connectivity index (χ2n) is 5.04. The van der Waals surface area contributed by atoms with Gasteiger partial charge in [0.1, 0.15) is 6.54 Å². The fourth-order valence-electron chi connectivity index (χ4n) is 2.28. The van der Waals surface area contributed by atoms with Gasteiger partial charge in [-0.25, -0.2) is 4.79 Å². The van der Waals surface area contributed by atoms with Gasteiger partial charge in [-0.3, -0.25) is 4.79 Å². The van der Waals surface area contributed by atoms with Crippen molar-refractivity contribution in [2.45, 2.75) is 19.1 Å². The molecular formula is C13H16F3N3O2S. The van der Waals surface area contributed by atoms with Gasteiger partial charge in [0.25, 0.3) is 5.91 Å². The van der Waals surface area contributed by atoms with Crippen LogP contribution in [-0.2, 0) is 0 Å². The van der Waals surface area contributed by atoms with Crippen LogP contribution >= 0.6 is 11.3 Å². The molecule has 0 bridgehead atoms. The van der Waals surface area contributed by atoms with Crippen LogP contribution < -0.4 is 5.32 Å². The summed E-state index contributed by atoms with van der Waals surface area (Å²) in [5, 5.41) is 3.66. The molecule has 0 aliphatic carbocycles. The topological polar surface area (TPSA) is 52.7 Å². The largest absolute Gasteiger partial charge is 0.405 e. The Hall–Kier alpha value is -1.77. The van der Waals surface area contributed by atoms with Crippen molar-refractivity contribution in [1.29, 1.82) is 0 Å². The number of rotatable bonds is 2. The SMILES string of the molecule is CC1CN(C(=O)c2cccs2)CCN1C(=O)NCC(F)(F)F. The van der Waals surface area contributed by atoms with Crippen LogP contribution in [0.2, 0.25) is 0 Å². The van der Waals surface area contributed by atoms with Crippen LogP contribution in [0.25, 0.3) is 0 Å². The molecule has 1 saturated heterocycles. The smallest absolute Gasteiger partial charge is 0.334 e. The summed E-state index contributed by atoms with van der Waals surface area (Å²) in [6.07, 6.45) is -4.43. The lowest BCUT2D eigenvalue weighted by Crippen LogP contribution is -2.58. The number of hydrogen-bond acceptors (Lipinski definition) is 3. The van der Waals surface area contributed by atoms with E-state index in [2.05, 4.69) is 0 Å². The van der Waals surface area contributed by atoms with Crippen LogP contribution in [0.1, 0.15) is 16.6 Å². The zero-order chi connectivity index (χ0) is 16.3. The number of thiophene rings is 1. The Kier molecular flexibility index (Phi) is 4.94. The summed E-state index contributed by atoms with van der Waals surface area (Å²) in [6, 6.07) is 2.40. The van der Waals surface area contributed by atoms with E-state index in [0.717, 1.165) is 0 Å². The highest BCUT2D eigenvalue weighted by atomic mass is 32.1. The average molecular weight is 335 g/mol. The molecule has 5 nitrogen and oxygen atoms in total. The normalized spacial score (nSPS) is 19.2. The van der Waals surface area contributed by atoms with Gasteiger partial charge in [0.05, 0.1) is 4.88 Å². The molecule has 0 spiro atoms. The first kappa shape index (κ1) is 16.6. The fourth-order valence-corrected chi connectivity index (χ4v) is 2.97. The number of hydrogen-bond donors (Lipinski definition) is 1. The minimum absolute atomic E-state index is 0.114. The van der Waals surface area contributed by atoms with Crippen molar-refractivity contribution < 1.29 is 22.8 Å². The van der Waals surface area contributed by atoms with Crippen molar-refractivity contribution in [2.75, 3.05) is 26.2 Å². The van der Waals surface area contributed by atoms with Gasteiger partial charge in [0.2, 0.25) is 0 Å². The molecule has 9 heteroatoms. The highest BCUT2D eigenvalue weighted by Gasteiger charge is 2.33. The lowest BCUT2D eigenvalue weighted by molar-refractivity contribution is -0.123. The first-order valence-electron chi connectivity index (χ1n) is 6.72. The minimum Gasteiger partial charge on any atom is -0.334 e. The Labute approximate surface area is 129 Å². The number of nitrogens with zero attached hydrogens (tertiary/aromatic N) is 2. The number of piperazine rings is 1. The molecule has 1 aliphatic heterocycles. The molecule has 122 valence electrons. The second kappa shape index (κ2) is 6.55. The predicted molar refractivity (Wildman–Crippen MR) is 75.8 cm³/mol. The molecule has 2 rings (SSSR count). The Morgan fingerprint density at radius 3 is 2.68 bits per heavy atom. The maximum absolute atomic E-state index is 12.2. The molecule has 22 heavy (non-hydrogen) atoms.